The monoisotopic (exact) mass is 230 g/mol. The second-order valence-corrected chi connectivity index (χ2v) is 4.25. The molecule has 1 amide bonds. The zero-order valence-electron chi connectivity index (χ0n) is 9.39. The van der Waals surface area contributed by atoms with Crippen molar-refractivity contribution < 1.29 is 4.79 Å². The van der Waals surface area contributed by atoms with E-state index in [1.165, 1.54) is 0 Å². The maximum absolute atomic E-state index is 12.1. The van der Waals surface area contributed by atoms with Crippen LogP contribution in [0, 0.1) is 0 Å². The lowest BCUT2D eigenvalue weighted by atomic mass is 10.2. The maximum Gasteiger partial charge on any atom is 0.255 e. The third-order valence-corrected chi connectivity index (χ3v) is 3.07. The molecule has 0 aliphatic carbocycles. The zero-order chi connectivity index (χ0) is 11.7. The number of nitrogens with zero attached hydrogens (tertiary/aromatic N) is 2. The average Bonchev–Trinajstić information content (AvgIpc) is 2.96. The van der Waals surface area contributed by atoms with Crippen molar-refractivity contribution in [1.29, 1.82) is 0 Å². The van der Waals surface area contributed by atoms with Crippen molar-refractivity contribution in [2.24, 2.45) is 0 Å². The first-order valence-electron chi connectivity index (χ1n) is 5.78. The van der Waals surface area contributed by atoms with Crippen LogP contribution in [0.25, 0.3) is 5.52 Å². The molecule has 0 bridgehead atoms. The highest BCUT2D eigenvalue weighted by Crippen LogP contribution is 2.10. The lowest BCUT2D eigenvalue weighted by Crippen LogP contribution is -2.36. The molecular weight excluding hydrogens is 216 g/mol. The first-order valence-corrected chi connectivity index (χ1v) is 5.78. The highest BCUT2D eigenvalue weighted by atomic mass is 16.1. The lowest BCUT2D eigenvalue weighted by molar-refractivity contribution is 0.0941. The van der Waals surface area contributed by atoms with Gasteiger partial charge in [-0.1, -0.05) is 6.07 Å². The molecule has 3 rings (SSSR count). The molecule has 0 saturated carbocycles. The molecule has 88 valence electrons. The molecular formula is C12H14N4O. The standard InChI is InChI=1S/C12H14N4O/c17-12(15-9-4-5-13-7-9)10-8-14-16-6-2-1-3-11(10)16/h1-3,6,8-9,13H,4-5,7H2,(H,15,17). The molecule has 2 N–H and O–H groups in total. The van der Waals surface area contributed by atoms with E-state index < -0.39 is 0 Å². The summed E-state index contributed by atoms with van der Waals surface area (Å²) in [7, 11) is 0. The van der Waals surface area contributed by atoms with Crippen LogP contribution in [-0.4, -0.2) is 34.7 Å². The van der Waals surface area contributed by atoms with Crippen LogP contribution < -0.4 is 10.6 Å². The Hall–Kier alpha value is -1.88. The number of aromatic nitrogens is 2. The molecule has 17 heavy (non-hydrogen) atoms. The second kappa shape index (κ2) is 4.18. The predicted octanol–water partition coefficient (Wildman–Crippen LogP) is 0.426. The Morgan fingerprint density at radius 3 is 3.29 bits per heavy atom. The summed E-state index contributed by atoms with van der Waals surface area (Å²) in [4.78, 5) is 12.1. The minimum absolute atomic E-state index is 0.0418. The van der Waals surface area contributed by atoms with Crippen molar-refractivity contribution in [1.82, 2.24) is 20.2 Å². The summed E-state index contributed by atoms with van der Waals surface area (Å²) in [5.74, 6) is -0.0418. The van der Waals surface area contributed by atoms with Crippen LogP contribution >= 0.6 is 0 Å². The number of carbonyl (C=O) groups excluding carboxylic acids is 1. The second-order valence-electron chi connectivity index (χ2n) is 4.25. The molecule has 1 aliphatic heterocycles. The Kier molecular flexibility index (Phi) is 2.53. The van der Waals surface area contributed by atoms with Gasteiger partial charge in [-0.15, -0.1) is 0 Å². The number of nitrogens with one attached hydrogen (secondary N) is 2. The van der Waals surface area contributed by atoms with E-state index in [0.717, 1.165) is 25.0 Å². The van der Waals surface area contributed by atoms with Gasteiger partial charge in [0.25, 0.3) is 5.91 Å². The summed E-state index contributed by atoms with van der Waals surface area (Å²) >= 11 is 0. The molecule has 1 unspecified atom stereocenters. The largest absolute Gasteiger partial charge is 0.348 e. The summed E-state index contributed by atoms with van der Waals surface area (Å²) < 4.78 is 1.71. The molecule has 5 heteroatoms. The van der Waals surface area contributed by atoms with Crippen LogP contribution in [0.5, 0.6) is 0 Å². The van der Waals surface area contributed by atoms with Crippen molar-refractivity contribution in [2.75, 3.05) is 13.1 Å². The molecule has 1 fully saturated rings. The number of rotatable bonds is 2. The number of hydrogen-bond acceptors (Lipinski definition) is 3. The summed E-state index contributed by atoms with van der Waals surface area (Å²) in [5, 5.41) is 10.4. The van der Waals surface area contributed by atoms with E-state index >= 15 is 0 Å². The van der Waals surface area contributed by atoms with Crippen molar-refractivity contribution in [2.45, 2.75) is 12.5 Å². The van der Waals surface area contributed by atoms with Crippen LogP contribution in [0.15, 0.2) is 30.6 Å². The Morgan fingerprint density at radius 1 is 1.53 bits per heavy atom. The molecule has 0 radical (unpaired) electrons. The number of fused-ring (bicyclic) bond motifs is 1. The summed E-state index contributed by atoms with van der Waals surface area (Å²) in [6, 6.07) is 5.93. The first-order chi connectivity index (χ1) is 8.34. The fourth-order valence-electron chi connectivity index (χ4n) is 2.15. The van der Waals surface area contributed by atoms with Crippen LogP contribution in [0.3, 0.4) is 0 Å². The molecule has 3 heterocycles. The first kappa shape index (κ1) is 10.3. The van der Waals surface area contributed by atoms with E-state index in [9.17, 15) is 4.79 Å². The van der Waals surface area contributed by atoms with E-state index in [-0.39, 0.29) is 11.9 Å². The van der Waals surface area contributed by atoms with E-state index in [2.05, 4.69) is 15.7 Å². The Balaban J connectivity index is 1.85. The van der Waals surface area contributed by atoms with E-state index in [1.54, 1.807) is 10.7 Å². The van der Waals surface area contributed by atoms with Gasteiger partial charge in [0.15, 0.2) is 0 Å². The van der Waals surface area contributed by atoms with Crippen molar-refractivity contribution in [3.8, 4) is 0 Å². The fourth-order valence-corrected chi connectivity index (χ4v) is 2.15. The number of hydrogen-bond donors (Lipinski definition) is 2. The molecule has 1 saturated heterocycles. The van der Waals surface area contributed by atoms with Crippen molar-refractivity contribution in [3.05, 3.63) is 36.2 Å². The third-order valence-electron chi connectivity index (χ3n) is 3.07. The number of amides is 1. The Labute approximate surface area is 98.8 Å². The average molecular weight is 230 g/mol. The van der Waals surface area contributed by atoms with Crippen LogP contribution in [0.4, 0.5) is 0 Å². The van der Waals surface area contributed by atoms with Gasteiger partial charge in [0.1, 0.15) is 0 Å². The number of carbonyl (C=O) groups is 1. The topological polar surface area (TPSA) is 58.4 Å². The predicted molar refractivity (Wildman–Crippen MR) is 63.9 cm³/mol. The minimum Gasteiger partial charge on any atom is -0.348 e. The van der Waals surface area contributed by atoms with Gasteiger partial charge in [0.05, 0.1) is 17.3 Å². The normalized spacial score (nSPS) is 19.6. The van der Waals surface area contributed by atoms with E-state index in [0.29, 0.717) is 5.56 Å². The molecule has 2 aromatic heterocycles. The van der Waals surface area contributed by atoms with E-state index in [4.69, 9.17) is 0 Å². The molecule has 0 spiro atoms. The smallest absolute Gasteiger partial charge is 0.255 e. The van der Waals surface area contributed by atoms with Gasteiger partial charge >= 0.3 is 0 Å². The van der Waals surface area contributed by atoms with Gasteiger partial charge < -0.3 is 10.6 Å². The van der Waals surface area contributed by atoms with Gasteiger partial charge in [-0.25, -0.2) is 4.52 Å². The van der Waals surface area contributed by atoms with Gasteiger partial charge in [0.2, 0.25) is 0 Å². The summed E-state index contributed by atoms with van der Waals surface area (Å²) in [5.41, 5.74) is 1.48. The molecule has 1 aliphatic rings. The summed E-state index contributed by atoms with van der Waals surface area (Å²) in [6.45, 7) is 1.82. The molecule has 0 aromatic carbocycles. The van der Waals surface area contributed by atoms with Crippen LogP contribution in [0.1, 0.15) is 16.8 Å². The van der Waals surface area contributed by atoms with Gasteiger partial charge in [-0.05, 0) is 25.1 Å². The SMILES string of the molecule is O=C(NC1CCNC1)c1cnn2ccccc12. The highest BCUT2D eigenvalue weighted by Gasteiger charge is 2.19. The van der Waals surface area contributed by atoms with E-state index in [1.807, 2.05) is 24.4 Å². The highest BCUT2D eigenvalue weighted by molar-refractivity contribution is 6.00. The molecule has 1 atom stereocenters. The quantitative estimate of drug-likeness (QED) is 0.786. The van der Waals surface area contributed by atoms with Crippen LogP contribution in [-0.2, 0) is 0 Å². The number of pyridine rings is 1. The van der Waals surface area contributed by atoms with Gasteiger partial charge in [0, 0.05) is 18.8 Å². The Bertz CT molecular complexity index is 542. The minimum atomic E-state index is -0.0418. The Morgan fingerprint density at radius 2 is 2.47 bits per heavy atom. The van der Waals surface area contributed by atoms with Crippen LogP contribution in [0.2, 0.25) is 0 Å². The summed E-state index contributed by atoms with van der Waals surface area (Å²) in [6.07, 6.45) is 4.45. The van der Waals surface area contributed by atoms with Crippen molar-refractivity contribution >= 4 is 11.4 Å². The zero-order valence-corrected chi connectivity index (χ0v) is 9.39. The van der Waals surface area contributed by atoms with Gasteiger partial charge in [-0.2, -0.15) is 5.10 Å². The third kappa shape index (κ3) is 1.89. The molecule has 2 aromatic rings. The molecule has 5 nitrogen and oxygen atoms in total. The van der Waals surface area contributed by atoms with Crippen molar-refractivity contribution in [3.63, 3.8) is 0 Å². The maximum atomic E-state index is 12.1. The van der Waals surface area contributed by atoms with Gasteiger partial charge in [-0.3, -0.25) is 4.79 Å². The lowest BCUT2D eigenvalue weighted by Gasteiger charge is -2.10. The fraction of sp³-hybridized carbons (Fsp3) is 0.333.